The van der Waals surface area contributed by atoms with Crippen LogP contribution in [0.3, 0.4) is 0 Å². The van der Waals surface area contributed by atoms with Gasteiger partial charge in [0.05, 0.1) is 10.5 Å². The third-order valence-electron chi connectivity index (χ3n) is 2.26. The predicted molar refractivity (Wildman–Crippen MR) is 55.1 cm³/mol. The molecule has 0 saturated carbocycles. The first-order chi connectivity index (χ1) is 7.06. The Balaban J connectivity index is 3.07. The van der Waals surface area contributed by atoms with Gasteiger partial charge < -0.3 is 4.90 Å². The van der Waals surface area contributed by atoms with Gasteiger partial charge in [-0.25, -0.2) is 4.39 Å². The number of nitro benzene ring substituents is 1. The Morgan fingerprint density at radius 2 is 2.20 bits per heavy atom. The second kappa shape index (κ2) is 4.84. The molecular formula is C10H13FN2O2. The smallest absolute Gasteiger partial charge is 0.276 e. The number of hydrogen-bond donors (Lipinski definition) is 0. The van der Waals surface area contributed by atoms with Crippen molar-refractivity contribution in [2.75, 3.05) is 13.6 Å². The molecule has 0 heterocycles. The minimum Gasteiger partial charge on any atom is -0.302 e. The van der Waals surface area contributed by atoms with E-state index >= 15 is 0 Å². The van der Waals surface area contributed by atoms with Gasteiger partial charge in [-0.15, -0.1) is 0 Å². The lowest BCUT2D eigenvalue weighted by atomic mass is 10.1. The number of hydrogen-bond acceptors (Lipinski definition) is 3. The maximum Gasteiger partial charge on any atom is 0.276 e. The molecule has 0 amide bonds. The van der Waals surface area contributed by atoms with Crippen molar-refractivity contribution in [3.8, 4) is 0 Å². The van der Waals surface area contributed by atoms with E-state index in [2.05, 4.69) is 0 Å². The topological polar surface area (TPSA) is 46.4 Å². The molecule has 0 spiro atoms. The standard InChI is InChI=1S/C10H13FN2O2/c1-3-12(2)7-8-9(11)5-4-6-10(8)13(14)15/h4-6H,3,7H2,1-2H3. The van der Waals surface area contributed by atoms with Gasteiger partial charge in [0.1, 0.15) is 5.82 Å². The third kappa shape index (κ3) is 2.73. The Kier molecular flexibility index (Phi) is 3.74. The summed E-state index contributed by atoms with van der Waals surface area (Å²) >= 11 is 0. The van der Waals surface area contributed by atoms with Crippen LogP contribution in [0.25, 0.3) is 0 Å². The zero-order valence-corrected chi connectivity index (χ0v) is 8.74. The monoisotopic (exact) mass is 212 g/mol. The third-order valence-corrected chi connectivity index (χ3v) is 2.26. The molecule has 0 aliphatic carbocycles. The van der Waals surface area contributed by atoms with Crippen molar-refractivity contribution in [3.05, 3.63) is 39.7 Å². The molecule has 82 valence electrons. The highest BCUT2D eigenvalue weighted by Gasteiger charge is 2.18. The molecule has 0 radical (unpaired) electrons. The number of benzene rings is 1. The van der Waals surface area contributed by atoms with E-state index < -0.39 is 10.7 Å². The molecule has 15 heavy (non-hydrogen) atoms. The van der Waals surface area contributed by atoms with Crippen molar-refractivity contribution in [3.63, 3.8) is 0 Å². The van der Waals surface area contributed by atoms with E-state index in [4.69, 9.17) is 0 Å². The second-order valence-corrected chi connectivity index (χ2v) is 3.33. The van der Waals surface area contributed by atoms with Crippen LogP contribution in [0.4, 0.5) is 10.1 Å². The molecule has 0 bridgehead atoms. The fourth-order valence-corrected chi connectivity index (χ4v) is 1.26. The predicted octanol–water partition coefficient (Wildman–Crippen LogP) is 2.19. The minimum atomic E-state index is -0.554. The summed E-state index contributed by atoms with van der Waals surface area (Å²) in [5.41, 5.74) is -0.0119. The van der Waals surface area contributed by atoms with Gasteiger partial charge in [-0.2, -0.15) is 0 Å². The van der Waals surface area contributed by atoms with Crippen LogP contribution < -0.4 is 0 Å². The van der Waals surface area contributed by atoms with Crippen LogP contribution in [0.15, 0.2) is 18.2 Å². The van der Waals surface area contributed by atoms with E-state index in [1.54, 1.807) is 7.05 Å². The molecule has 5 heteroatoms. The van der Waals surface area contributed by atoms with Crippen LogP contribution in [0.1, 0.15) is 12.5 Å². The van der Waals surface area contributed by atoms with Gasteiger partial charge in [-0.1, -0.05) is 13.0 Å². The second-order valence-electron chi connectivity index (χ2n) is 3.33. The molecule has 0 atom stereocenters. The molecule has 0 unspecified atom stereocenters. The molecule has 1 aromatic carbocycles. The summed E-state index contributed by atoms with van der Waals surface area (Å²) in [4.78, 5) is 11.9. The number of nitro groups is 1. The van der Waals surface area contributed by atoms with Crippen LogP contribution in [0.2, 0.25) is 0 Å². The van der Waals surface area contributed by atoms with Crippen LogP contribution >= 0.6 is 0 Å². The Labute approximate surface area is 87.5 Å². The Bertz CT molecular complexity index is 368. The summed E-state index contributed by atoms with van der Waals surface area (Å²) < 4.78 is 13.4. The lowest BCUT2D eigenvalue weighted by Gasteiger charge is -2.14. The van der Waals surface area contributed by atoms with Crippen molar-refractivity contribution in [1.29, 1.82) is 0 Å². The van der Waals surface area contributed by atoms with Gasteiger partial charge in [0.15, 0.2) is 0 Å². The fraction of sp³-hybridized carbons (Fsp3) is 0.400. The normalized spacial score (nSPS) is 10.7. The lowest BCUT2D eigenvalue weighted by molar-refractivity contribution is -0.385. The van der Waals surface area contributed by atoms with Gasteiger partial charge in [0.2, 0.25) is 0 Å². The average molecular weight is 212 g/mol. The van der Waals surface area contributed by atoms with Crippen molar-refractivity contribution >= 4 is 5.69 Å². The van der Waals surface area contributed by atoms with Gasteiger partial charge in [-0.3, -0.25) is 10.1 Å². The SMILES string of the molecule is CCN(C)Cc1c(F)cccc1[N+](=O)[O-]. The summed E-state index contributed by atoms with van der Waals surface area (Å²) in [5.74, 6) is -0.524. The highest BCUT2D eigenvalue weighted by Crippen LogP contribution is 2.22. The first-order valence-electron chi connectivity index (χ1n) is 4.66. The van der Waals surface area contributed by atoms with Crippen LogP contribution in [0.5, 0.6) is 0 Å². The largest absolute Gasteiger partial charge is 0.302 e. The van der Waals surface area contributed by atoms with Gasteiger partial charge in [-0.05, 0) is 19.7 Å². The Hall–Kier alpha value is -1.49. The molecule has 0 aromatic heterocycles. The quantitative estimate of drug-likeness (QED) is 0.567. The number of halogens is 1. The lowest BCUT2D eigenvalue weighted by Crippen LogP contribution is -2.18. The number of nitrogens with zero attached hydrogens (tertiary/aromatic N) is 2. The fourth-order valence-electron chi connectivity index (χ4n) is 1.26. The summed E-state index contributed by atoms with van der Waals surface area (Å²) in [5, 5.41) is 10.7. The Morgan fingerprint density at radius 1 is 1.53 bits per heavy atom. The van der Waals surface area contributed by atoms with Gasteiger partial charge >= 0.3 is 0 Å². The highest BCUT2D eigenvalue weighted by molar-refractivity contribution is 5.40. The summed E-state index contributed by atoms with van der Waals surface area (Å²) in [6, 6.07) is 3.91. The highest BCUT2D eigenvalue weighted by atomic mass is 19.1. The zero-order chi connectivity index (χ0) is 11.4. The van der Waals surface area contributed by atoms with Crippen molar-refractivity contribution < 1.29 is 9.31 Å². The van der Waals surface area contributed by atoms with Crippen LogP contribution in [-0.2, 0) is 6.54 Å². The first kappa shape index (κ1) is 11.6. The summed E-state index contributed by atoms with van der Waals surface area (Å²) in [7, 11) is 1.79. The van der Waals surface area contributed by atoms with E-state index in [1.165, 1.54) is 18.2 Å². The molecule has 0 aliphatic rings. The maximum atomic E-state index is 13.4. The van der Waals surface area contributed by atoms with E-state index in [9.17, 15) is 14.5 Å². The molecule has 1 rings (SSSR count). The number of rotatable bonds is 4. The first-order valence-corrected chi connectivity index (χ1v) is 4.66. The van der Waals surface area contributed by atoms with Crippen molar-refractivity contribution in [1.82, 2.24) is 4.90 Å². The molecule has 0 fully saturated rings. The van der Waals surface area contributed by atoms with Crippen LogP contribution in [-0.4, -0.2) is 23.4 Å². The van der Waals surface area contributed by atoms with E-state index in [1.807, 2.05) is 11.8 Å². The summed E-state index contributed by atoms with van der Waals surface area (Å²) in [6.45, 7) is 2.87. The Morgan fingerprint density at radius 3 is 2.73 bits per heavy atom. The molecular weight excluding hydrogens is 199 g/mol. The van der Waals surface area contributed by atoms with Crippen molar-refractivity contribution in [2.24, 2.45) is 0 Å². The molecule has 4 nitrogen and oxygen atoms in total. The molecule has 0 aliphatic heterocycles. The van der Waals surface area contributed by atoms with Crippen LogP contribution in [0, 0.1) is 15.9 Å². The van der Waals surface area contributed by atoms with E-state index in [0.717, 1.165) is 0 Å². The van der Waals surface area contributed by atoms with E-state index in [-0.39, 0.29) is 17.8 Å². The molecule has 0 saturated heterocycles. The average Bonchev–Trinajstić information content (AvgIpc) is 2.20. The molecule has 1 aromatic rings. The van der Waals surface area contributed by atoms with Crippen molar-refractivity contribution in [2.45, 2.75) is 13.5 Å². The summed E-state index contributed by atoms with van der Waals surface area (Å²) in [6.07, 6.45) is 0. The van der Waals surface area contributed by atoms with Gasteiger partial charge in [0.25, 0.3) is 5.69 Å². The molecule has 0 N–H and O–H groups in total. The minimum absolute atomic E-state index is 0.145. The maximum absolute atomic E-state index is 13.4. The zero-order valence-electron chi connectivity index (χ0n) is 8.74. The van der Waals surface area contributed by atoms with Gasteiger partial charge in [0, 0.05) is 12.6 Å². The van der Waals surface area contributed by atoms with E-state index in [0.29, 0.717) is 6.54 Å².